The number of ether oxygens (including phenoxy) is 2. The fourth-order valence-electron chi connectivity index (χ4n) is 1.07. The van der Waals surface area contributed by atoms with Gasteiger partial charge in [-0.2, -0.15) is 0 Å². The van der Waals surface area contributed by atoms with Crippen molar-refractivity contribution in [3.8, 4) is 0 Å². The van der Waals surface area contributed by atoms with E-state index in [1.54, 1.807) is 27.7 Å². The third-order valence-corrected chi connectivity index (χ3v) is 1.88. The van der Waals surface area contributed by atoms with Crippen molar-refractivity contribution in [1.82, 2.24) is 5.01 Å². The number of rotatable bonds is 7. The van der Waals surface area contributed by atoms with Crippen molar-refractivity contribution >= 4 is 6.16 Å². The van der Waals surface area contributed by atoms with Crippen LogP contribution < -0.4 is 0 Å². The molecule has 0 aliphatic carbocycles. The lowest BCUT2D eigenvalue weighted by molar-refractivity contribution is -0.712. The summed E-state index contributed by atoms with van der Waals surface area (Å²) >= 11 is 0. The van der Waals surface area contributed by atoms with Crippen LogP contribution in [0.3, 0.4) is 0 Å². The summed E-state index contributed by atoms with van der Waals surface area (Å²) in [6.45, 7) is 8.46. The van der Waals surface area contributed by atoms with Crippen molar-refractivity contribution in [2.24, 2.45) is 5.28 Å². The quantitative estimate of drug-likeness (QED) is 0.248. The Balaban J connectivity index is 4.26. The Hall–Kier alpha value is -1.77. The molecule has 0 radical (unpaired) electrons. The molecule has 0 aromatic carbocycles. The lowest BCUT2D eigenvalue weighted by Gasteiger charge is -2.20. The molecular weight excluding hydrogens is 270 g/mol. The second kappa shape index (κ2) is 8.41. The van der Waals surface area contributed by atoms with Crippen LogP contribution in [0.15, 0.2) is 5.28 Å². The molecule has 0 saturated carbocycles. The van der Waals surface area contributed by atoms with Gasteiger partial charge in [0.15, 0.2) is 0 Å². The van der Waals surface area contributed by atoms with Gasteiger partial charge in [-0.1, -0.05) is 0 Å². The first-order valence-corrected chi connectivity index (χ1v) is 6.29. The van der Waals surface area contributed by atoms with Crippen molar-refractivity contribution in [1.29, 1.82) is 0 Å². The van der Waals surface area contributed by atoms with Gasteiger partial charge in [0.2, 0.25) is 5.28 Å². The van der Waals surface area contributed by atoms with Crippen LogP contribution >= 0.6 is 0 Å². The Labute approximate surface area is 118 Å². The first-order valence-electron chi connectivity index (χ1n) is 6.29. The standard InChI is InChI=1S/C11H23N3O6/c1-6-13(7-8-15)14(17)12-20-9(2)18-10(16)19-11(3,4)5/h9,15H,6-8H2,1-5H3. The lowest BCUT2D eigenvalue weighted by atomic mass is 10.2. The molecule has 0 amide bonds. The molecule has 0 saturated heterocycles. The molecule has 0 rings (SSSR count). The summed E-state index contributed by atoms with van der Waals surface area (Å²) in [5, 5.41) is 24.6. The number of aliphatic hydroxyl groups excluding tert-OH is 1. The SMILES string of the molecule is CCN(CCO)[N+]([O-])=NOC(C)OC(=O)OC(C)(C)C. The molecule has 0 spiro atoms. The largest absolute Gasteiger partial charge is 0.569 e. The molecule has 20 heavy (non-hydrogen) atoms. The predicted octanol–water partition coefficient (Wildman–Crippen LogP) is 1.41. The summed E-state index contributed by atoms with van der Waals surface area (Å²) in [6.07, 6.45) is -1.99. The van der Waals surface area contributed by atoms with Gasteiger partial charge < -0.3 is 19.8 Å². The van der Waals surface area contributed by atoms with Gasteiger partial charge >= 0.3 is 6.16 Å². The summed E-state index contributed by atoms with van der Waals surface area (Å²) in [4.78, 5) is 16.2. The number of aliphatic hydroxyl groups is 1. The highest BCUT2D eigenvalue weighted by atomic mass is 16.8. The first kappa shape index (κ1) is 18.2. The molecule has 0 aromatic heterocycles. The van der Waals surface area contributed by atoms with Crippen LogP contribution in [0.25, 0.3) is 0 Å². The first-order chi connectivity index (χ1) is 9.19. The van der Waals surface area contributed by atoms with Gasteiger partial charge in [0, 0.05) is 6.92 Å². The summed E-state index contributed by atoms with van der Waals surface area (Å²) < 4.78 is 9.64. The number of hydrogen-bond acceptors (Lipinski definition) is 7. The molecule has 0 fully saturated rings. The van der Waals surface area contributed by atoms with E-state index in [0.717, 1.165) is 0 Å². The second-order valence-electron chi connectivity index (χ2n) is 4.86. The number of nitrogens with zero attached hydrogens (tertiary/aromatic N) is 3. The van der Waals surface area contributed by atoms with Crippen LogP contribution in [0.5, 0.6) is 0 Å². The molecular formula is C11H23N3O6. The smallest absolute Gasteiger partial charge is 0.511 e. The molecule has 118 valence electrons. The number of hydrogen-bond donors (Lipinski definition) is 1. The van der Waals surface area contributed by atoms with Crippen molar-refractivity contribution in [3.63, 3.8) is 0 Å². The Kier molecular flexibility index (Phi) is 7.67. The van der Waals surface area contributed by atoms with E-state index in [-0.39, 0.29) is 18.1 Å². The molecule has 1 unspecified atom stereocenters. The number of likely N-dealkylation sites (N-methyl/N-ethyl adjacent to an activating group) is 1. The number of carbonyl (C=O) groups excluding carboxylic acids is 1. The van der Waals surface area contributed by atoms with E-state index in [1.165, 1.54) is 11.9 Å². The lowest BCUT2D eigenvalue weighted by Crippen LogP contribution is -2.33. The van der Waals surface area contributed by atoms with E-state index in [9.17, 15) is 10.0 Å². The van der Waals surface area contributed by atoms with Gasteiger partial charge in [0.1, 0.15) is 5.60 Å². The fourth-order valence-corrected chi connectivity index (χ4v) is 1.07. The topological polar surface area (TPSA) is 107 Å². The van der Waals surface area contributed by atoms with E-state index in [2.05, 4.69) is 5.28 Å². The minimum absolute atomic E-state index is 0.119. The highest BCUT2D eigenvalue weighted by Crippen LogP contribution is 2.09. The number of carbonyl (C=O) groups is 1. The third kappa shape index (κ3) is 8.35. The Morgan fingerprint density at radius 2 is 2.10 bits per heavy atom. The van der Waals surface area contributed by atoms with E-state index in [0.29, 0.717) is 6.54 Å². The van der Waals surface area contributed by atoms with Gasteiger partial charge in [-0.15, -0.1) is 5.01 Å². The van der Waals surface area contributed by atoms with Crippen LogP contribution in [0, 0.1) is 5.21 Å². The monoisotopic (exact) mass is 293 g/mol. The van der Waals surface area contributed by atoms with E-state index in [1.807, 2.05) is 0 Å². The molecule has 9 heteroatoms. The minimum Gasteiger partial charge on any atom is -0.569 e. The van der Waals surface area contributed by atoms with E-state index in [4.69, 9.17) is 19.4 Å². The maximum Gasteiger partial charge on any atom is 0.511 e. The van der Waals surface area contributed by atoms with Crippen LogP contribution in [0.1, 0.15) is 34.6 Å². The highest BCUT2D eigenvalue weighted by molar-refractivity contribution is 5.60. The second-order valence-corrected chi connectivity index (χ2v) is 4.86. The van der Waals surface area contributed by atoms with Crippen molar-refractivity contribution in [3.05, 3.63) is 5.21 Å². The fraction of sp³-hybridized carbons (Fsp3) is 0.909. The van der Waals surface area contributed by atoms with E-state index >= 15 is 0 Å². The average molecular weight is 293 g/mol. The van der Waals surface area contributed by atoms with Crippen LogP contribution in [0.2, 0.25) is 0 Å². The van der Waals surface area contributed by atoms with Gasteiger partial charge in [-0.3, -0.25) is 4.84 Å². The Morgan fingerprint density at radius 3 is 2.55 bits per heavy atom. The summed E-state index contributed by atoms with van der Waals surface area (Å²) in [6, 6.07) is 0. The molecule has 0 bridgehead atoms. The third-order valence-electron chi connectivity index (χ3n) is 1.88. The van der Waals surface area contributed by atoms with Crippen LogP contribution in [0.4, 0.5) is 4.79 Å². The van der Waals surface area contributed by atoms with Gasteiger partial charge in [-0.25, -0.2) is 4.79 Å². The summed E-state index contributed by atoms with van der Waals surface area (Å²) in [5.74, 6) is 0. The molecule has 0 aliphatic rings. The Morgan fingerprint density at radius 1 is 1.50 bits per heavy atom. The van der Waals surface area contributed by atoms with Gasteiger partial charge in [0.25, 0.3) is 6.29 Å². The summed E-state index contributed by atoms with van der Waals surface area (Å²) in [7, 11) is 0. The number of hydrazine groups is 1. The molecule has 0 aromatic rings. The average Bonchev–Trinajstić information content (AvgIpc) is 2.30. The molecule has 1 N–H and O–H groups in total. The van der Waals surface area contributed by atoms with Crippen molar-refractivity contribution in [2.75, 3.05) is 19.7 Å². The normalized spacial score (nSPS) is 13.6. The van der Waals surface area contributed by atoms with Gasteiger partial charge in [0.05, 0.1) is 24.7 Å². The van der Waals surface area contributed by atoms with E-state index < -0.39 is 18.0 Å². The zero-order chi connectivity index (χ0) is 15.8. The molecule has 9 nitrogen and oxygen atoms in total. The molecule has 0 aliphatic heterocycles. The highest BCUT2D eigenvalue weighted by Gasteiger charge is 2.20. The van der Waals surface area contributed by atoms with Crippen LogP contribution in [-0.2, 0) is 14.3 Å². The molecule has 1 atom stereocenters. The maximum atomic E-state index is 11.5. The minimum atomic E-state index is -1.07. The van der Waals surface area contributed by atoms with Crippen molar-refractivity contribution in [2.45, 2.75) is 46.5 Å². The zero-order valence-electron chi connectivity index (χ0n) is 12.5. The molecule has 0 heterocycles. The zero-order valence-corrected chi connectivity index (χ0v) is 12.5. The summed E-state index contributed by atoms with van der Waals surface area (Å²) in [5.41, 5.74) is -0.682. The van der Waals surface area contributed by atoms with Gasteiger partial charge in [-0.05, 0) is 27.7 Å². The van der Waals surface area contributed by atoms with Crippen LogP contribution in [-0.4, -0.2) is 52.8 Å². The maximum absolute atomic E-state index is 11.5. The van der Waals surface area contributed by atoms with Crippen molar-refractivity contribution < 1.29 is 29.2 Å². The Bertz CT molecular complexity index is 329. The predicted molar refractivity (Wildman–Crippen MR) is 68.3 cm³/mol.